The Balaban J connectivity index is 1.23. The molecule has 1 aliphatic heterocycles. The summed E-state index contributed by atoms with van der Waals surface area (Å²) in [6, 6.07) is 13.0. The average molecular weight is 535 g/mol. The molecule has 0 radical (unpaired) electrons. The summed E-state index contributed by atoms with van der Waals surface area (Å²) in [5.74, 6) is 1.08. The first kappa shape index (κ1) is 27.4. The van der Waals surface area contributed by atoms with Gasteiger partial charge in [0, 0.05) is 24.9 Å². The summed E-state index contributed by atoms with van der Waals surface area (Å²) >= 11 is 0. The summed E-state index contributed by atoms with van der Waals surface area (Å²) in [4.78, 5) is 30.9. The Kier molecular flexibility index (Phi) is 9.31. The van der Waals surface area contributed by atoms with Crippen LogP contribution in [0.25, 0.3) is 0 Å². The van der Waals surface area contributed by atoms with Crippen LogP contribution in [0.3, 0.4) is 0 Å². The Morgan fingerprint density at radius 3 is 2.85 bits per heavy atom. The first-order chi connectivity index (χ1) is 18.9. The topological polar surface area (TPSA) is 141 Å². The third-order valence-electron chi connectivity index (χ3n) is 5.93. The van der Waals surface area contributed by atoms with Crippen LogP contribution < -0.4 is 19.5 Å². The molecule has 3 aromatic rings. The van der Waals surface area contributed by atoms with Crippen molar-refractivity contribution in [3.8, 4) is 23.4 Å². The zero-order valence-corrected chi connectivity index (χ0v) is 21.8. The largest absolute Gasteiger partial charge is 0.492 e. The Morgan fingerprint density at radius 2 is 2.08 bits per heavy atom. The minimum atomic E-state index is -0.691. The smallest absolute Gasteiger partial charge is 0.253 e. The van der Waals surface area contributed by atoms with Gasteiger partial charge in [0.25, 0.3) is 5.91 Å². The molecular formula is C27H30N6O6. The van der Waals surface area contributed by atoms with Gasteiger partial charge >= 0.3 is 0 Å². The summed E-state index contributed by atoms with van der Waals surface area (Å²) in [7, 11) is 1.52. The molecule has 4 rings (SSSR count). The lowest BCUT2D eigenvalue weighted by atomic mass is 10.2. The van der Waals surface area contributed by atoms with E-state index in [1.807, 2.05) is 37.3 Å². The second-order valence-electron chi connectivity index (χ2n) is 8.88. The Morgan fingerprint density at radius 1 is 1.26 bits per heavy atom. The highest BCUT2D eigenvalue weighted by Crippen LogP contribution is 2.23. The van der Waals surface area contributed by atoms with Crippen LogP contribution in [-0.2, 0) is 20.9 Å². The zero-order chi connectivity index (χ0) is 27.6. The SMILES string of the molecule is COc1cc(O[C@@H]2CO[C@@H](C(=O)Nc3cnn(CC(=O)N(CC#N)CCOc4ccc(C)cc4)c3)C2)ccn1. The number of nitrogens with one attached hydrogen (secondary N) is 1. The van der Waals surface area contributed by atoms with Gasteiger partial charge in [-0.3, -0.25) is 14.3 Å². The van der Waals surface area contributed by atoms with E-state index in [9.17, 15) is 9.59 Å². The van der Waals surface area contributed by atoms with Gasteiger partial charge in [-0.15, -0.1) is 0 Å². The molecule has 39 heavy (non-hydrogen) atoms. The summed E-state index contributed by atoms with van der Waals surface area (Å²) in [6.45, 7) is 2.58. The zero-order valence-electron chi connectivity index (χ0n) is 21.8. The quantitative estimate of drug-likeness (QED) is 0.346. The van der Waals surface area contributed by atoms with Crippen molar-refractivity contribution in [3.63, 3.8) is 0 Å². The molecule has 204 valence electrons. The number of carbonyl (C=O) groups excluding carboxylic acids is 2. The molecule has 0 spiro atoms. The predicted octanol–water partition coefficient (Wildman–Crippen LogP) is 2.20. The van der Waals surface area contributed by atoms with E-state index >= 15 is 0 Å². The average Bonchev–Trinajstić information content (AvgIpc) is 3.59. The number of aromatic nitrogens is 3. The maximum atomic E-state index is 12.8. The maximum Gasteiger partial charge on any atom is 0.253 e. The molecule has 2 amide bonds. The number of rotatable bonds is 12. The Hall–Kier alpha value is -4.63. The number of amides is 2. The van der Waals surface area contributed by atoms with Gasteiger partial charge < -0.3 is 29.2 Å². The number of hydrogen-bond acceptors (Lipinski definition) is 9. The van der Waals surface area contributed by atoms with Gasteiger partial charge in [-0.05, 0) is 25.1 Å². The lowest BCUT2D eigenvalue weighted by molar-refractivity contribution is -0.131. The fourth-order valence-corrected chi connectivity index (χ4v) is 3.89. The van der Waals surface area contributed by atoms with Crippen molar-refractivity contribution in [2.45, 2.75) is 32.1 Å². The van der Waals surface area contributed by atoms with Gasteiger partial charge in [0.1, 0.15) is 43.4 Å². The number of hydrogen-bond donors (Lipinski definition) is 1. The molecule has 12 nitrogen and oxygen atoms in total. The molecule has 1 fully saturated rings. The van der Waals surface area contributed by atoms with Crippen molar-refractivity contribution < 1.29 is 28.5 Å². The molecule has 1 aromatic carbocycles. The molecule has 0 saturated carbocycles. The van der Waals surface area contributed by atoms with E-state index in [-0.39, 0.29) is 50.8 Å². The molecule has 2 aromatic heterocycles. The van der Waals surface area contributed by atoms with E-state index in [1.165, 1.54) is 22.9 Å². The summed E-state index contributed by atoms with van der Waals surface area (Å²) in [6.07, 6.45) is 3.96. The minimum absolute atomic E-state index is 0.0739. The highest BCUT2D eigenvalue weighted by Gasteiger charge is 2.32. The van der Waals surface area contributed by atoms with Gasteiger partial charge in [-0.2, -0.15) is 10.4 Å². The molecule has 1 aliphatic rings. The highest BCUT2D eigenvalue weighted by atomic mass is 16.6. The van der Waals surface area contributed by atoms with Gasteiger partial charge in [0.15, 0.2) is 0 Å². The van der Waals surface area contributed by atoms with Crippen molar-refractivity contribution in [2.24, 2.45) is 0 Å². The van der Waals surface area contributed by atoms with Crippen LogP contribution in [0.1, 0.15) is 12.0 Å². The molecule has 1 saturated heterocycles. The fraction of sp³-hybridized carbons (Fsp3) is 0.370. The highest BCUT2D eigenvalue weighted by molar-refractivity contribution is 5.94. The molecule has 12 heteroatoms. The number of benzene rings is 1. The number of carbonyl (C=O) groups is 2. The van der Waals surface area contributed by atoms with E-state index in [0.29, 0.717) is 29.5 Å². The van der Waals surface area contributed by atoms with Crippen LogP contribution >= 0.6 is 0 Å². The standard InChI is InChI=1S/C27H30N6O6/c1-19-3-5-21(6-4-19)37-12-11-32(10-8-28)26(34)17-33-16-20(15-30-33)31-27(35)24-13-23(18-38-24)39-22-7-9-29-25(14-22)36-2/h3-7,9,14-16,23-24H,10-13,17-18H2,1-2H3,(H,31,35)/t23-,24+/m0/s1. The van der Waals surface area contributed by atoms with Crippen molar-refractivity contribution in [2.75, 3.05) is 38.7 Å². The lowest BCUT2D eigenvalue weighted by Crippen LogP contribution is -2.37. The van der Waals surface area contributed by atoms with Crippen LogP contribution in [0.5, 0.6) is 17.4 Å². The first-order valence-corrected chi connectivity index (χ1v) is 12.4. The summed E-state index contributed by atoms with van der Waals surface area (Å²) in [5.41, 5.74) is 1.55. The predicted molar refractivity (Wildman–Crippen MR) is 139 cm³/mol. The number of pyridine rings is 1. The number of anilines is 1. The monoisotopic (exact) mass is 534 g/mol. The summed E-state index contributed by atoms with van der Waals surface area (Å²) in [5, 5.41) is 16.1. The fourth-order valence-electron chi connectivity index (χ4n) is 3.89. The normalized spacial score (nSPS) is 16.2. The number of nitriles is 1. The maximum absolute atomic E-state index is 12.8. The van der Waals surface area contributed by atoms with Crippen LogP contribution in [-0.4, -0.2) is 77.1 Å². The number of nitrogens with zero attached hydrogens (tertiary/aromatic N) is 5. The molecule has 3 heterocycles. The van der Waals surface area contributed by atoms with Gasteiger partial charge in [-0.1, -0.05) is 17.7 Å². The van der Waals surface area contributed by atoms with E-state index in [4.69, 9.17) is 24.2 Å². The Labute approximate surface area is 226 Å². The number of aryl methyl sites for hydroxylation is 1. The van der Waals surface area contributed by atoms with Crippen LogP contribution in [0.15, 0.2) is 55.0 Å². The van der Waals surface area contributed by atoms with Crippen molar-refractivity contribution in [1.82, 2.24) is 19.7 Å². The van der Waals surface area contributed by atoms with Gasteiger partial charge in [0.05, 0.1) is 38.2 Å². The lowest BCUT2D eigenvalue weighted by Gasteiger charge is -2.19. The van der Waals surface area contributed by atoms with E-state index in [2.05, 4.69) is 15.4 Å². The third-order valence-corrected chi connectivity index (χ3v) is 5.93. The van der Waals surface area contributed by atoms with Crippen molar-refractivity contribution in [1.29, 1.82) is 5.26 Å². The van der Waals surface area contributed by atoms with Crippen LogP contribution in [0.4, 0.5) is 5.69 Å². The Bertz CT molecular complexity index is 1300. The molecule has 1 N–H and O–H groups in total. The van der Waals surface area contributed by atoms with Gasteiger partial charge in [-0.25, -0.2) is 4.98 Å². The second kappa shape index (κ2) is 13.3. The van der Waals surface area contributed by atoms with Crippen LogP contribution in [0, 0.1) is 18.3 Å². The minimum Gasteiger partial charge on any atom is -0.492 e. The van der Waals surface area contributed by atoms with Crippen LogP contribution in [0.2, 0.25) is 0 Å². The van der Waals surface area contributed by atoms with E-state index in [0.717, 1.165) is 5.56 Å². The molecule has 0 aliphatic carbocycles. The number of ether oxygens (including phenoxy) is 4. The molecule has 0 bridgehead atoms. The van der Waals surface area contributed by atoms with Crippen molar-refractivity contribution >= 4 is 17.5 Å². The molecule has 2 atom stereocenters. The third kappa shape index (κ3) is 7.93. The molecular weight excluding hydrogens is 504 g/mol. The molecule has 0 unspecified atom stereocenters. The van der Waals surface area contributed by atoms with E-state index < -0.39 is 6.10 Å². The van der Waals surface area contributed by atoms with Crippen molar-refractivity contribution in [3.05, 3.63) is 60.6 Å². The van der Waals surface area contributed by atoms with Gasteiger partial charge in [0.2, 0.25) is 11.8 Å². The second-order valence-corrected chi connectivity index (χ2v) is 8.88. The number of methoxy groups -OCH3 is 1. The first-order valence-electron chi connectivity index (χ1n) is 12.4. The van der Waals surface area contributed by atoms with E-state index in [1.54, 1.807) is 24.5 Å². The summed E-state index contributed by atoms with van der Waals surface area (Å²) < 4.78 is 23.7.